The molecule has 4 nitrogen and oxygen atoms in total. The van der Waals surface area contributed by atoms with Crippen LogP contribution in [0.25, 0.3) is 0 Å². The summed E-state index contributed by atoms with van der Waals surface area (Å²) in [5.41, 5.74) is 1.20. The van der Waals surface area contributed by atoms with Gasteiger partial charge in [0.1, 0.15) is 0 Å². The molecule has 0 fully saturated rings. The minimum Gasteiger partial charge on any atom is -0.465 e. The molecule has 1 aromatic rings. The van der Waals surface area contributed by atoms with E-state index in [9.17, 15) is 9.59 Å². The van der Waals surface area contributed by atoms with Crippen LogP contribution in [-0.4, -0.2) is 26.0 Å². The lowest BCUT2D eigenvalue weighted by Crippen LogP contribution is -2.25. The van der Waals surface area contributed by atoms with Crippen LogP contribution in [0.5, 0.6) is 0 Å². The zero-order valence-corrected chi connectivity index (χ0v) is 9.56. The molecule has 0 aliphatic heterocycles. The smallest absolute Gasteiger partial charge is 0.337 e. The van der Waals surface area contributed by atoms with Crippen LogP contribution in [0, 0.1) is 6.42 Å². The highest BCUT2D eigenvalue weighted by atomic mass is 16.5. The Labute approximate surface area is 94.8 Å². The molecule has 0 saturated carbocycles. The molecule has 85 valence electrons. The summed E-state index contributed by atoms with van der Waals surface area (Å²) in [6.45, 7) is 1.68. The van der Waals surface area contributed by atoms with Crippen LogP contribution < -0.4 is 4.90 Å². The van der Waals surface area contributed by atoms with Gasteiger partial charge in [-0.2, -0.15) is 0 Å². The maximum atomic E-state index is 11.4. The summed E-state index contributed by atoms with van der Waals surface area (Å²) in [6, 6.07) is 6.66. The number of hydrogen-bond donors (Lipinski definition) is 0. The van der Waals surface area contributed by atoms with E-state index in [2.05, 4.69) is 4.74 Å². The number of ether oxygens (including phenoxy) is 1. The van der Waals surface area contributed by atoms with Crippen LogP contribution in [0.3, 0.4) is 0 Å². The summed E-state index contributed by atoms with van der Waals surface area (Å²) >= 11 is 0. The summed E-state index contributed by atoms with van der Waals surface area (Å²) in [5.74, 6) is -0.478. The quantitative estimate of drug-likeness (QED) is 0.728. The molecule has 0 atom stereocenters. The Hall–Kier alpha value is -1.84. The van der Waals surface area contributed by atoms with Crippen LogP contribution in [0.2, 0.25) is 0 Å². The highest BCUT2D eigenvalue weighted by Crippen LogP contribution is 2.14. The van der Waals surface area contributed by atoms with Crippen molar-refractivity contribution in [2.24, 2.45) is 0 Å². The number of benzene rings is 1. The lowest BCUT2D eigenvalue weighted by molar-refractivity contribution is -0.115. The molecule has 0 spiro atoms. The predicted molar refractivity (Wildman–Crippen MR) is 61.2 cm³/mol. The molecular formula is C12H14NO3. The van der Waals surface area contributed by atoms with Gasteiger partial charge in [-0.15, -0.1) is 0 Å². The average molecular weight is 220 g/mol. The van der Waals surface area contributed by atoms with E-state index in [1.807, 2.05) is 0 Å². The first-order valence-corrected chi connectivity index (χ1v) is 4.85. The number of esters is 1. The van der Waals surface area contributed by atoms with Crippen molar-refractivity contribution in [2.45, 2.75) is 6.92 Å². The number of rotatable bonds is 3. The molecule has 1 radical (unpaired) electrons. The minimum absolute atomic E-state index is 0.0918. The maximum Gasteiger partial charge on any atom is 0.337 e. The molecule has 1 rings (SSSR count). The van der Waals surface area contributed by atoms with Gasteiger partial charge in [-0.3, -0.25) is 4.79 Å². The first-order chi connectivity index (χ1) is 7.60. The number of amides is 1. The van der Waals surface area contributed by atoms with E-state index in [4.69, 9.17) is 0 Å². The normalized spacial score (nSPS) is 9.69. The van der Waals surface area contributed by atoms with Crippen molar-refractivity contribution < 1.29 is 14.3 Å². The minimum atomic E-state index is -0.386. The molecule has 0 saturated heterocycles. The van der Waals surface area contributed by atoms with E-state index in [1.54, 1.807) is 38.2 Å². The predicted octanol–water partition coefficient (Wildman–Crippen LogP) is 1.66. The lowest BCUT2D eigenvalue weighted by Gasteiger charge is -2.16. The molecule has 1 aromatic carbocycles. The van der Waals surface area contributed by atoms with E-state index in [1.165, 1.54) is 18.4 Å². The molecule has 0 aliphatic rings. The van der Waals surface area contributed by atoms with Gasteiger partial charge in [-0.1, -0.05) is 6.92 Å². The Morgan fingerprint density at radius 2 is 1.81 bits per heavy atom. The molecule has 0 unspecified atom stereocenters. The number of hydrogen-bond acceptors (Lipinski definition) is 3. The topological polar surface area (TPSA) is 46.6 Å². The maximum absolute atomic E-state index is 11.4. The molecule has 0 heterocycles. The Bertz CT molecular complexity index is 384. The molecule has 0 aromatic heterocycles. The van der Waals surface area contributed by atoms with Crippen molar-refractivity contribution in [3.05, 3.63) is 36.2 Å². The van der Waals surface area contributed by atoms with E-state index in [0.29, 0.717) is 5.56 Å². The fourth-order valence-corrected chi connectivity index (χ4v) is 1.26. The van der Waals surface area contributed by atoms with E-state index >= 15 is 0 Å². The van der Waals surface area contributed by atoms with Crippen molar-refractivity contribution in [3.8, 4) is 0 Å². The van der Waals surface area contributed by atoms with Crippen LogP contribution >= 0.6 is 0 Å². The highest BCUT2D eigenvalue weighted by molar-refractivity contribution is 5.99. The van der Waals surface area contributed by atoms with Gasteiger partial charge in [-0.05, 0) is 24.3 Å². The zero-order valence-electron chi connectivity index (χ0n) is 9.56. The highest BCUT2D eigenvalue weighted by Gasteiger charge is 2.10. The molecule has 1 amide bonds. The Kier molecular flexibility index (Phi) is 4.05. The van der Waals surface area contributed by atoms with Crippen LogP contribution in [0.1, 0.15) is 17.3 Å². The summed E-state index contributed by atoms with van der Waals surface area (Å²) in [4.78, 5) is 24.0. The second kappa shape index (κ2) is 5.30. The van der Waals surface area contributed by atoms with E-state index < -0.39 is 0 Å². The third-order valence-corrected chi connectivity index (χ3v) is 2.25. The van der Waals surface area contributed by atoms with Crippen LogP contribution in [0.15, 0.2) is 24.3 Å². The van der Waals surface area contributed by atoms with Crippen molar-refractivity contribution >= 4 is 17.6 Å². The van der Waals surface area contributed by atoms with Gasteiger partial charge in [0.05, 0.1) is 12.7 Å². The second-order valence-electron chi connectivity index (χ2n) is 3.22. The number of carbonyl (C=O) groups excluding carboxylic acids is 2. The summed E-state index contributed by atoms with van der Waals surface area (Å²) in [6.07, 6.45) is 1.48. The second-order valence-corrected chi connectivity index (χ2v) is 3.22. The molecule has 0 bridgehead atoms. The molecule has 0 aliphatic carbocycles. The Balaban J connectivity index is 2.86. The fourth-order valence-electron chi connectivity index (χ4n) is 1.26. The summed E-state index contributed by atoms with van der Waals surface area (Å²) in [7, 11) is 3.01. The fraction of sp³-hybridized carbons (Fsp3) is 0.250. The van der Waals surface area contributed by atoms with Gasteiger partial charge in [0.25, 0.3) is 0 Å². The van der Waals surface area contributed by atoms with Gasteiger partial charge < -0.3 is 9.64 Å². The van der Waals surface area contributed by atoms with Gasteiger partial charge in [-0.25, -0.2) is 4.79 Å². The van der Waals surface area contributed by atoms with E-state index in [-0.39, 0.29) is 11.9 Å². The van der Waals surface area contributed by atoms with Gasteiger partial charge in [0.2, 0.25) is 5.91 Å². The number of anilines is 1. The number of methoxy groups -OCH3 is 1. The van der Waals surface area contributed by atoms with Crippen molar-refractivity contribution in [1.82, 2.24) is 0 Å². The first-order valence-electron chi connectivity index (χ1n) is 4.85. The SMILES string of the molecule is C[CH]C(=O)N(C)c1ccc(C(=O)OC)cc1. The van der Waals surface area contributed by atoms with Crippen molar-refractivity contribution in [3.63, 3.8) is 0 Å². The third-order valence-electron chi connectivity index (χ3n) is 2.25. The molecular weight excluding hydrogens is 206 g/mol. The van der Waals surface area contributed by atoms with Gasteiger partial charge in [0.15, 0.2) is 0 Å². The summed E-state index contributed by atoms with van der Waals surface area (Å²) < 4.78 is 4.58. The number of nitrogens with zero attached hydrogens (tertiary/aromatic N) is 1. The molecule has 4 heteroatoms. The van der Waals surface area contributed by atoms with Gasteiger partial charge in [0, 0.05) is 19.2 Å². The average Bonchev–Trinajstić information content (AvgIpc) is 2.36. The van der Waals surface area contributed by atoms with E-state index in [0.717, 1.165) is 5.69 Å². The largest absolute Gasteiger partial charge is 0.465 e. The van der Waals surface area contributed by atoms with Crippen molar-refractivity contribution in [1.29, 1.82) is 0 Å². The van der Waals surface area contributed by atoms with Crippen LogP contribution in [-0.2, 0) is 9.53 Å². The lowest BCUT2D eigenvalue weighted by atomic mass is 10.2. The molecule has 0 N–H and O–H groups in total. The molecule has 16 heavy (non-hydrogen) atoms. The standard InChI is InChI=1S/C12H14NO3/c1-4-11(14)13(2)10-7-5-9(6-8-10)12(15)16-3/h4-8H,1-3H3. The first kappa shape index (κ1) is 12.2. The van der Waals surface area contributed by atoms with Gasteiger partial charge >= 0.3 is 5.97 Å². The Morgan fingerprint density at radius 1 is 1.25 bits per heavy atom. The number of carbonyl (C=O) groups is 2. The zero-order chi connectivity index (χ0) is 12.1. The third kappa shape index (κ3) is 2.59. The monoisotopic (exact) mass is 220 g/mol. The van der Waals surface area contributed by atoms with Crippen LogP contribution in [0.4, 0.5) is 5.69 Å². The Morgan fingerprint density at radius 3 is 2.25 bits per heavy atom. The summed E-state index contributed by atoms with van der Waals surface area (Å²) in [5, 5.41) is 0. The van der Waals surface area contributed by atoms with Crippen molar-refractivity contribution in [2.75, 3.05) is 19.1 Å².